The molecule has 6 rings (SSSR count). The summed E-state index contributed by atoms with van der Waals surface area (Å²) in [5.74, 6) is -1.24. The number of hydrogen-bond donors (Lipinski definition) is 0. The number of ketones is 2. The normalized spacial score (nSPS) is 54.6. The second-order valence-corrected chi connectivity index (χ2v) is 11.5. The SMILES string of the molecule is Cc1ccc([C@@]23C[C@@]4(Cl)C(=O)[C@@]5(Cl)[C@@]6(C)C=CC2=C[C@H]6[C@@]5(Cl)C(=O)[C@]43Cl)cc1. The van der Waals surface area contributed by atoms with Crippen LogP contribution in [0.15, 0.2) is 48.1 Å². The highest BCUT2D eigenvalue weighted by Gasteiger charge is 2.97. The molecule has 144 valence electrons. The van der Waals surface area contributed by atoms with Crippen molar-refractivity contribution >= 4 is 58.0 Å². The number of fused-ring (bicyclic) bond motifs is 2. The van der Waals surface area contributed by atoms with E-state index in [9.17, 15) is 9.59 Å². The highest BCUT2D eigenvalue weighted by Crippen LogP contribution is 2.84. The van der Waals surface area contributed by atoms with E-state index in [1.54, 1.807) is 0 Å². The average Bonchev–Trinajstić information content (AvgIpc) is 2.72. The fraction of sp³-hybridized carbons (Fsp3) is 0.455. The fourth-order valence-electron chi connectivity index (χ4n) is 6.73. The van der Waals surface area contributed by atoms with Crippen LogP contribution in [0.1, 0.15) is 24.5 Å². The van der Waals surface area contributed by atoms with E-state index < -0.39 is 47.8 Å². The highest BCUT2D eigenvalue weighted by molar-refractivity contribution is 6.66. The summed E-state index contributed by atoms with van der Waals surface area (Å²) in [6.07, 6.45) is 6.14. The summed E-state index contributed by atoms with van der Waals surface area (Å²) in [5, 5.41) is 0. The molecule has 3 fully saturated rings. The van der Waals surface area contributed by atoms with Crippen LogP contribution in [0.4, 0.5) is 0 Å². The molecule has 1 aromatic rings. The summed E-state index contributed by atoms with van der Waals surface area (Å²) in [5.41, 5.74) is 1.17. The average molecular weight is 454 g/mol. The number of rotatable bonds is 1. The van der Waals surface area contributed by atoms with Crippen molar-refractivity contribution < 1.29 is 9.59 Å². The Kier molecular flexibility index (Phi) is 2.86. The van der Waals surface area contributed by atoms with Crippen molar-refractivity contribution in [2.45, 2.75) is 45.2 Å². The van der Waals surface area contributed by atoms with Crippen LogP contribution in [0, 0.1) is 18.3 Å². The van der Waals surface area contributed by atoms with Gasteiger partial charge in [-0.05, 0) is 24.5 Å². The lowest BCUT2D eigenvalue weighted by molar-refractivity contribution is -0.165. The largest absolute Gasteiger partial charge is 0.295 e. The lowest BCUT2D eigenvalue weighted by Gasteiger charge is -2.75. The van der Waals surface area contributed by atoms with Gasteiger partial charge in [0.05, 0.1) is 5.41 Å². The van der Waals surface area contributed by atoms with Crippen molar-refractivity contribution in [3.8, 4) is 0 Å². The molecule has 0 amide bonds. The lowest BCUT2D eigenvalue weighted by atomic mass is 9.35. The smallest absolute Gasteiger partial charge is 0.181 e. The summed E-state index contributed by atoms with van der Waals surface area (Å²) in [6, 6.07) is 7.89. The van der Waals surface area contributed by atoms with Crippen LogP contribution < -0.4 is 0 Å². The van der Waals surface area contributed by atoms with E-state index in [-0.39, 0.29) is 6.42 Å². The summed E-state index contributed by atoms with van der Waals surface area (Å²) in [6.45, 7) is 3.87. The van der Waals surface area contributed by atoms with Gasteiger partial charge in [-0.3, -0.25) is 9.59 Å². The van der Waals surface area contributed by atoms with Crippen molar-refractivity contribution in [2.24, 2.45) is 11.3 Å². The molecule has 7 atom stereocenters. The minimum Gasteiger partial charge on any atom is -0.295 e. The van der Waals surface area contributed by atoms with Gasteiger partial charge in [0.15, 0.2) is 11.6 Å². The third kappa shape index (κ3) is 1.24. The Morgan fingerprint density at radius 2 is 1.61 bits per heavy atom. The molecule has 5 aliphatic carbocycles. The predicted octanol–water partition coefficient (Wildman–Crippen LogP) is 4.84. The zero-order valence-electron chi connectivity index (χ0n) is 15.2. The highest BCUT2D eigenvalue weighted by atomic mass is 35.5. The lowest BCUT2D eigenvalue weighted by Crippen LogP contribution is -2.94. The van der Waals surface area contributed by atoms with E-state index in [0.717, 1.165) is 16.7 Å². The van der Waals surface area contributed by atoms with E-state index >= 15 is 0 Å². The number of halogens is 4. The summed E-state index contributed by atoms with van der Waals surface area (Å²) >= 11 is 28.0. The molecule has 0 saturated heterocycles. The molecule has 0 heterocycles. The van der Waals surface area contributed by atoms with Gasteiger partial charge in [0.25, 0.3) is 0 Å². The molecule has 0 radical (unpaired) electrons. The zero-order chi connectivity index (χ0) is 20.1. The van der Waals surface area contributed by atoms with E-state index in [2.05, 4.69) is 0 Å². The molecule has 0 aromatic heterocycles. The van der Waals surface area contributed by atoms with E-state index in [0.29, 0.717) is 0 Å². The third-order valence-corrected chi connectivity index (χ3v) is 11.4. The first-order chi connectivity index (χ1) is 13.0. The second-order valence-electron chi connectivity index (χ2n) is 9.15. The van der Waals surface area contributed by atoms with E-state index in [1.807, 2.05) is 56.3 Å². The maximum Gasteiger partial charge on any atom is 0.181 e. The van der Waals surface area contributed by atoms with Gasteiger partial charge < -0.3 is 0 Å². The summed E-state index contributed by atoms with van der Waals surface area (Å²) < 4.78 is 0. The van der Waals surface area contributed by atoms with Gasteiger partial charge in [0, 0.05) is 11.3 Å². The van der Waals surface area contributed by atoms with Crippen LogP contribution in [-0.4, -0.2) is 31.1 Å². The molecular formula is C22H16Cl4O2. The van der Waals surface area contributed by atoms with Gasteiger partial charge in [-0.2, -0.15) is 0 Å². The van der Waals surface area contributed by atoms with Gasteiger partial charge in [0.2, 0.25) is 0 Å². The Morgan fingerprint density at radius 3 is 2.25 bits per heavy atom. The molecule has 0 unspecified atom stereocenters. The van der Waals surface area contributed by atoms with E-state index in [1.165, 1.54) is 0 Å². The van der Waals surface area contributed by atoms with Crippen molar-refractivity contribution in [1.82, 2.24) is 0 Å². The number of Topliss-reactive ketones (excluding diaryl/α,β-unsaturated/α-hetero) is 2. The molecular weight excluding hydrogens is 438 g/mol. The maximum absolute atomic E-state index is 14.0. The number of carbonyl (C=O) groups excluding carboxylic acids is 2. The molecule has 4 bridgehead atoms. The van der Waals surface area contributed by atoms with Gasteiger partial charge in [0.1, 0.15) is 19.5 Å². The first kappa shape index (κ1) is 18.0. The van der Waals surface area contributed by atoms with E-state index in [4.69, 9.17) is 46.4 Å². The molecule has 0 aliphatic heterocycles. The Labute approximate surface area is 182 Å². The number of aryl methyl sites for hydroxylation is 1. The number of carbonyl (C=O) groups is 2. The van der Waals surface area contributed by atoms with Crippen LogP contribution >= 0.6 is 46.4 Å². The van der Waals surface area contributed by atoms with Gasteiger partial charge in [-0.25, -0.2) is 0 Å². The number of benzene rings is 1. The van der Waals surface area contributed by atoms with Gasteiger partial charge in [-0.1, -0.05) is 55.0 Å². The number of alkyl halides is 4. The van der Waals surface area contributed by atoms with Crippen molar-refractivity contribution in [1.29, 1.82) is 0 Å². The first-order valence-corrected chi connectivity index (χ1v) is 10.8. The topological polar surface area (TPSA) is 34.1 Å². The maximum atomic E-state index is 14.0. The minimum absolute atomic E-state index is 0.221. The monoisotopic (exact) mass is 452 g/mol. The second kappa shape index (κ2) is 4.44. The van der Waals surface area contributed by atoms with Gasteiger partial charge in [-0.15, -0.1) is 46.4 Å². The Bertz CT molecular complexity index is 1090. The molecule has 28 heavy (non-hydrogen) atoms. The third-order valence-electron chi connectivity index (χ3n) is 8.27. The fourth-order valence-corrected chi connectivity index (χ4v) is 9.27. The molecule has 3 saturated carbocycles. The summed E-state index contributed by atoms with van der Waals surface area (Å²) in [7, 11) is 0. The Balaban J connectivity index is 1.76. The van der Waals surface area contributed by atoms with Crippen molar-refractivity contribution in [3.63, 3.8) is 0 Å². The van der Waals surface area contributed by atoms with Gasteiger partial charge >= 0.3 is 0 Å². The standard InChI is InChI=1S/C22H16Cl4O2/c1-11-3-5-12(6-4-11)18-10-19(23)15(27)21(25)17(2)8-7-13(18)9-14(17)20(21,24)16(28)22(18,19)26/h3-9,14H,10H2,1-2H3/t14-,17+,18+,19-,20-,21-,22-/m1/s1. The molecule has 6 heteroatoms. The van der Waals surface area contributed by atoms with Crippen LogP contribution in [0.2, 0.25) is 0 Å². The quantitative estimate of drug-likeness (QED) is 0.570. The van der Waals surface area contributed by atoms with Crippen molar-refractivity contribution in [3.05, 3.63) is 59.2 Å². The van der Waals surface area contributed by atoms with Crippen LogP contribution in [0.25, 0.3) is 0 Å². The zero-order valence-corrected chi connectivity index (χ0v) is 18.2. The molecule has 5 aliphatic rings. The molecule has 0 N–H and O–H groups in total. The molecule has 2 nitrogen and oxygen atoms in total. The van der Waals surface area contributed by atoms with Crippen molar-refractivity contribution in [2.75, 3.05) is 0 Å². The van der Waals surface area contributed by atoms with Crippen LogP contribution in [0.3, 0.4) is 0 Å². The molecule has 0 spiro atoms. The van der Waals surface area contributed by atoms with Crippen LogP contribution in [-0.2, 0) is 15.0 Å². The Morgan fingerprint density at radius 1 is 0.964 bits per heavy atom. The predicted molar refractivity (Wildman–Crippen MR) is 111 cm³/mol. The number of allylic oxidation sites excluding steroid dienone is 4. The summed E-state index contributed by atoms with van der Waals surface area (Å²) in [4.78, 5) is 21.3. The number of hydrogen-bond acceptors (Lipinski definition) is 2. The molecule has 1 aromatic carbocycles. The van der Waals surface area contributed by atoms with Crippen LogP contribution in [0.5, 0.6) is 0 Å². The minimum atomic E-state index is -1.68. The Hall–Kier alpha value is -0.800. The first-order valence-electron chi connectivity index (χ1n) is 9.30.